The van der Waals surface area contributed by atoms with Gasteiger partial charge in [0.05, 0.1) is 18.6 Å². The molecule has 6 rings (SSSR count). The molecule has 2 aliphatic carbocycles. The van der Waals surface area contributed by atoms with Crippen molar-refractivity contribution in [3.05, 3.63) is 59.4 Å². The smallest absolute Gasteiger partial charge is 0.341 e. The molecule has 7 nitrogen and oxygen atoms in total. The van der Waals surface area contributed by atoms with Gasteiger partial charge in [-0.25, -0.2) is 4.79 Å². The minimum absolute atomic E-state index is 0.0265. The van der Waals surface area contributed by atoms with E-state index in [1.165, 1.54) is 0 Å². The number of allylic oxidation sites excluding steroid dienone is 1. The number of carbonyl (C=O) groups excluding carboxylic acids is 2. The molecule has 0 amide bonds. The van der Waals surface area contributed by atoms with E-state index in [9.17, 15) is 9.59 Å². The van der Waals surface area contributed by atoms with Crippen LogP contribution in [0.4, 0.5) is 0 Å². The van der Waals surface area contributed by atoms with Crippen LogP contribution in [0.15, 0.2) is 53.8 Å². The first-order chi connectivity index (χ1) is 16.9. The van der Waals surface area contributed by atoms with Crippen molar-refractivity contribution in [2.75, 3.05) is 13.9 Å². The van der Waals surface area contributed by atoms with Crippen LogP contribution in [-0.2, 0) is 39.9 Å². The summed E-state index contributed by atoms with van der Waals surface area (Å²) in [6, 6.07) is 9.95. The van der Waals surface area contributed by atoms with Gasteiger partial charge in [-0.3, -0.25) is 4.79 Å². The van der Waals surface area contributed by atoms with Crippen LogP contribution in [0.3, 0.4) is 0 Å². The third-order valence-corrected chi connectivity index (χ3v) is 7.91. The molecule has 0 N–H and O–H groups in total. The van der Waals surface area contributed by atoms with Gasteiger partial charge in [0, 0.05) is 19.4 Å². The molecule has 8 atom stereocenters. The second-order valence-electron chi connectivity index (χ2n) is 10.4. The molecule has 1 spiro atoms. The van der Waals surface area contributed by atoms with Gasteiger partial charge in [-0.2, -0.15) is 0 Å². The van der Waals surface area contributed by atoms with Crippen LogP contribution in [0, 0.1) is 23.7 Å². The zero-order valence-corrected chi connectivity index (χ0v) is 20.8. The van der Waals surface area contributed by atoms with Crippen molar-refractivity contribution in [3.63, 3.8) is 0 Å². The maximum Gasteiger partial charge on any atom is 0.341 e. The lowest BCUT2D eigenvalue weighted by Crippen LogP contribution is -2.64. The van der Waals surface area contributed by atoms with Crippen LogP contribution in [0.25, 0.3) is 0 Å². The average Bonchev–Trinajstić information content (AvgIpc) is 3.12. The number of carbonyl (C=O) groups is 2. The highest BCUT2D eigenvalue weighted by Crippen LogP contribution is 2.58. The summed E-state index contributed by atoms with van der Waals surface area (Å²) in [6.07, 6.45) is 3.48. The topological polar surface area (TPSA) is 80.3 Å². The molecular weight excluding hydrogens is 448 g/mol. The summed E-state index contributed by atoms with van der Waals surface area (Å²) in [7, 11) is 1.55. The van der Waals surface area contributed by atoms with Crippen molar-refractivity contribution >= 4 is 11.8 Å². The number of hydrogen-bond acceptors (Lipinski definition) is 7. The number of methoxy groups -OCH3 is 1. The van der Waals surface area contributed by atoms with Crippen molar-refractivity contribution in [1.29, 1.82) is 0 Å². The highest BCUT2D eigenvalue weighted by molar-refractivity contribution is 5.95. The average molecular weight is 483 g/mol. The summed E-state index contributed by atoms with van der Waals surface area (Å²) in [5.41, 5.74) is 0.458. The van der Waals surface area contributed by atoms with Gasteiger partial charge in [-0.05, 0) is 29.9 Å². The van der Waals surface area contributed by atoms with Crippen LogP contribution in [0.1, 0.15) is 39.2 Å². The molecular formula is C28H34O7. The van der Waals surface area contributed by atoms with Gasteiger partial charge in [0.15, 0.2) is 17.1 Å². The summed E-state index contributed by atoms with van der Waals surface area (Å²) in [5, 5.41) is 0. The Morgan fingerprint density at radius 1 is 1.06 bits per heavy atom. The van der Waals surface area contributed by atoms with Crippen molar-refractivity contribution in [2.24, 2.45) is 23.7 Å². The molecule has 1 aromatic rings. The van der Waals surface area contributed by atoms with E-state index >= 15 is 0 Å². The summed E-state index contributed by atoms with van der Waals surface area (Å²) in [5.74, 6) is -0.391. The number of ketones is 1. The number of rotatable bonds is 6. The first-order valence-corrected chi connectivity index (χ1v) is 12.5. The monoisotopic (exact) mass is 482 g/mol. The van der Waals surface area contributed by atoms with Crippen LogP contribution in [0.5, 0.6) is 0 Å². The van der Waals surface area contributed by atoms with E-state index in [-0.39, 0.29) is 48.5 Å². The zero-order valence-electron chi connectivity index (χ0n) is 20.8. The van der Waals surface area contributed by atoms with E-state index in [1.807, 2.05) is 50.3 Å². The summed E-state index contributed by atoms with van der Waals surface area (Å²) in [4.78, 5) is 26.5. The Hall–Kier alpha value is -2.48. The number of hydrogen-bond donors (Lipinski definition) is 0. The zero-order chi connectivity index (χ0) is 24.7. The molecule has 3 aliphatic heterocycles. The standard InChI is InChI=1S/C28H34O7/c1-16-12-17(2)23(33-15-31-4)22-26-28(35-27(22)30)13-18(3)24(34-26)25(20(28)10-11-21(16)29)32-14-19-8-6-5-7-9-19/h5-11,16-18,20,23-25H,12-15H2,1-4H3/b11-10+/t16-,17+,18+,20+,23-,24+,25+,28+/m0/s1. The van der Waals surface area contributed by atoms with Crippen LogP contribution < -0.4 is 0 Å². The van der Waals surface area contributed by atoms with Crippen molar-refractivity contribution < 1.29 is 33.3 Å². The van der Waals surface area contributed by atoms with Crippen molar-refractivity contribution in [1.82, 2.24) is 0 Å². The minimum atomic E-state index is -1.01. The normalized spacial score (nSPS) is 39.1. The van der Waals surface area contributed by atoms with E-state index in [0.29, 0.717) is 30.8 Å². The Bertz CT molecular complexity index is 1030. The molecule has 1 aromatic carbocycles. The first-order valence-electron chi connectivity index (χ1n) is 12.5. The van der Waals surface area contributed by atoms with Crippen molar-refractivity contribution in [3.8, 4) is 0 Å². The molecule has 35 heavy (non-hydrogen) atoms. The third-order valence-electron chi connectivity index (χ3n) is 7.91. The Kier molecular flexibility index (Phi) is 6.59. The maximum atomic E-state index is 13.4. The summed E-state index contributed by atoms with van der Waals surface area (Å²) < 4.78 is 30.4. The predicted octanol–water partition coefficient (Wildman–Crippen LogP) is 3.97. The molecule has 5 aliphatic rings. The SMILES string of the molecule is COCO[C@@H]1C2=C3O[C@H]4[C@H](OCc5ccccc5)[C@@H](/C=C/C(=O)[C@@H](C)C[C@H]1C)[C@@]3(C[C@H]4C)OC2=O. The molecule has 3 fully saturated rings. The quantitative estimate of drug-likeness (QED) is 0.448. The predicted molar refractivity (Wildman–Crippen MR) is 127 cm³/mol. The van der Waals surface area contributed by atoms with Gasteiger partial charge < -0.3 is 23.7 Å². The first kappa shape index (κ1) is 24.2. The molecule has 5 bridgehead atoms. The lowest BCUT2D eigenvalue weighted by Gasteiger charge is -2.55. The Labute approximate surface area is 206 Å². The Balaban J connectivity index is 1.59. The van der Waals surface area contributed by atoms with Crippen LogP contribution in [0.2, 0.25) is 0 Å². The lowest BCUT2D eigenvalue weighted by atomic mass is 9.64. The van der Waals surface area contributed by atoms with Gasteiger partial charge in [-0.15, -0.1) is 0 Å². The maximum absolute atomic E-state index is 13.4. The number of fused-ring (bicyclic) bond motifs is 1. The molecule has 1 saturated carbocycles. The number of ether oxygens (including phenoxy) is 5. The van der Waals surface area contributed by atoms with E-state index in [4.69, 9.17) is 23.7 Å². The van der Waals surface area contributed by atoms with E-state index in [1.54, 1.807) is 13.2 Å². The van der Waals surface area contributed by atoms with Crippen LogP contribution >= 0.6 is 0 Å². The fraction of sp³-hybridized carbons (Fsp3) is 0.571. The summed E-state index contributed by atoms with van der Waals surface area (Å²) in [6.45, 7) is 6.44. The molecule has 0 unspecified atom stereocenters. The number of benzene rings is 1. The lowest BCUT2D eigenvalue weighted by molar-refractivity contribution is -0.234. The van der Waals surface area contributed by atoms with E-state index in [0.717, 1.165) is 5.56 Å². The highest BCUT2D eigenvalue weighted by atomic mass is 16.7. The Morgan fingerprint density at radius 3 is 2.57 bits per heavy atom. The Morgan fingerprint density at radius 2 is 1.83 bits per heavy atom. The molecule has 0 aromatic heterocycles. The van der Waals surface area contributed by atoms with Gasteiger partial charge in [0.2, 0.25) is 0 Å². The minimum Gasteiger partial charge on any atom is -0.487 e. The molecule has 188 valence electrons. The molecule has 2 saturated heterocycles. The van der Waals surface area contributed by atoms with Gasteiger partial charge in [-0.1, -0.05) is 57.2 Å². The van der Waals surface area contributed by atoms with Crippen molar-refractivity contribution in [2.45, 2.75) is 64.1 Å². The second kappa shape index (κ2) is 9.52. The van der Waals surface area contributed by atoms with Crippen LogP contribution in [-0.4, -0.2) is 49.6 Å². The largest absolute Gasteiger partial charge is 0.487 e. The van der Waals surface area contributed by atoms with Gasteiger partial charge in [0.25, 0.3) is 0 Å². The fourth-order valence-electron chi connectivity index (χ4n) is 6.26. The van der Waals surface area contributed by atoms with Gasteiger partial charge in [0.1, 0.15) is 24.6 Å². The van der Waals surface area contributed by atoms with Gasteiger partial charge >= 0.3 is 5.97 Å². The van der Waals surface area contributed by atoms with E-state index in [2.05, 4.69) is 6.92 Å². The summed E-state index contributed by atoms with van der Waals surface area (Å²) >= 11 is 0. The van der Waals surface area contributed by atoms with E-state index < -0.39 is 17.7 Å². The highest BCUT2D eigenvalue weighted by Gasteiger charge is 2.67. The number of esters is 1. The molecule has 3 heterocycles. The fourth-order valence-corrected chi connectivity index (χ4v) is 6.26. The molecule has 7 heteroatoms. The third kappa shape index (κ3) is 4.13. The molecule has 0 radical (unpaired) electrons. The second-order valence-corrected chi connectivity index (χ2v) is 10.4.